The summed E-state index contributed by atoms with van der Waals surface area (Å²) in [4.78, 5) is 12.3. The fourth-order valence-electron chi connectivity index (χ4n) is 2.11. The summed E-state index contributed by atoms with van der Waals surface area (Å²) < 4.78 is 28.6. The third-order valence-electron chi connectivity index (χ3n) is 3.20. The van der Waals surface area contributed by atoms with Crippen molar-refractivity contribution >= 4 is 20.8 Å². The molecular weight excluding hydrogens is 336 g/mol. The van der Waals surface area contributed by atoms with Crippen LogP contribution >= 0.6 is 0 Å². The molecule has 0 N–H and O–H groups in total. The van der Waals surface area contributed by atoms with Crippen LogP contribution in [-0.4, -0.2) is 14.7 Å². The van der Waals surface area contributed by atoms with E-state index in [2.05, 4.69) is 0 Å². The molecule has 3 rings (SSSR count). The molecule has 4 nitrogen and oxygen atoms in total. The quantitative estimate of drug-likeness (QED) is 0.651. The lowest BCUT2D eigenvalue weighted by Crippen LogP contribution is -2.00. The monoisotopic (exact) mass is 360 g/mol. The van der Waals surface area contributed by atoms with E-state index in [0.717, 1.165) is 6.26 Å². The highest BCUT2D eigenvalue weighted by atomic mass is 32.2. The van der Waals surface area contributed by atoms with Crippen molar-refractivity contribution in [2.24, 2.45) is 0 Å². The molecule has 1 aromatic heterocycles. The van der Waals surface area contributed by atoms with Gasteiger partial charge in [0.15, 0.2) is 15.3 Å². The molecular formula is C20H24O4S. The minimum atomic E-state index is -3.24. The van der Waals surface area contributed by atoms with Gasteiger partial charge < -0.3 is 4.42 Å². The summed E-state index contributed by atoms with van der Waals surface area (Å²) in [6.45, 7) is 8.00. The standard InChI is InChI=1S/C16H12O4S.2C2H6/c1-21(18,19)12-8-6-11(7-9-12)16-10-14(17)13-4-2-3-5-15(13)20-16;2*1-2/h2-10H,1H3;2*1-2H3. The first kappa shape index (κ1) is 20.6. The third kappa shape index (κ3) is 5.03. The van der Waals surface area contributed by atoms with E-state index in [-0.39, 0.29) is 10.3 Å². The Labute approximate surface area is 149 Å². The summed E-state index contributed by atoms with van der Waals surface area (Å²) in [6.07, 6.45) is 1.15. The number of benzene rings is 2. The van der Waals surface area contributed by atoms with Crippen LogP contribution in [0.15, 0.2) is 68.7 Å². The van der Waals surface area contributed by atoms with Gasteiger partial charge in [-0.3, -0.25) is 4.79 Å². The average molecular weight is 360 g/mol. The molecule has 0 aliphatic heterocycles. The first-order valence-electron chi connectivity index (χ1n) is 8.28. The second-order valence-electron chi connectivity index (χ2n) is 4.77. The Bertz CT molecular complexity index is 968. The second kappa shape index (κ2) is 9.18. The Balaban J connectivity index is 0.000000730. The van der Waals surface area contributed by atoms with E-state index in [4.69, 9.17) is 4.42 Å². The third-order valence-corrected chi connectivity index (χ3v) is 4.33. The predicted molar refractivity (Wildman–Crippen MR) is 104 cm³/mol. The minimum absolute atomic E-state index is 0.126. The maximum atomic E-state index is 12.0. The molecule has 2 aromatic carbocycles. The molecule has 25 heavy (non-hydrogen) atoms. The lowest BCUT2D eigenvalue weighted by atomic mass is 10.1. The molecule has 0 bridgehead atoms. The molecule has 0 fully saturated rings. The molecule has 0 radical (unpaired) electrons. The molecule has 0 saturated heterocycles. The average Bonchev–Trinajstić information content (AvgIpc) is 2.64. The smallest absolute Gasteiger partial charge is 0.193 e. The second-order valence-corrected chi connectivity index (χ2v) is 6.78. The maximum absolute atomic E-state index is 12.0. The van der Waals surface area contributed by atoms with Gasteiger partial charge >= 0.3 is 0 Å². The van der Waals surface area contributed by atoms with Crippen LogP contribution in [-0.2, 0) is 9.84 Å². The van der Waals surface area contributed by atoms with Gasteiger partial charge in [-0.2, -0.15) is 0 Å². The molecule has 0 aliphatic rings. The molecule has 0 unspecified atom stereocenters. The number of rotatable bonds is 2. The number of para-hydroxylation sites is 1. The molecule has 0 spiro atoms. The SMILES string of the molecule is CC.CC.CS(=O)(=O)c1ccc(-c2cc(=O)c3ccccc3o2)cc1. The van der Waals surface area contributed by atoms with Gasteiger partial charge in [-0.25, -0.2) is 8.42 Å². The fraction of sp³-hybridized carbons (Fsp3) is 0.250. The predicted octanol–water partition coefficient (Wildman–Crippen LogP) is 4.92. The van der Waals surface area contributed by atoms with Gasteiger partial charge in [0, 0.05) is 17.9 Å². The highest BCUT2D eigenvalue weighted by Crippen LogP contribution is 2.23. The topological polar surface area (TPSA) is 64.3 Å². The van der Waals surface area contributed by atoms with E-state index in [1.807, 2.05) is 27.7 Å². The van der Waals surface area contributed by atoms with Crippen LogP contribution < -0.4 is 5.43 Å². The lowest BCUT2D eigenvalue weighted by molar-refractivity contribution is 0.601. The normalized spacial score (nSPS) is 10.3. The van der Waals surface area contributed by atoms with Crippen LogP contribution in [0.25, 0.3) is 22.3 Å². The van der Waals surface area contributed by atoms with E-state index >= 15 is 0 Å². The van der Waals surface area contributed by atoms with Crippen LogP contribution in [0.5, 0.6) is 0 Å². The molecule has 0 amide bonds. The van der Waals surface area contributed by atoms with E-state index in [0.29, 0.717) is 22.3 Å². The number of hydrogen-bond donors (Lipinski definition) is 0. The first-order chi connectivity index (χ1) is 11.9. The highest BCUT2D eigenvalue weighted by Gasteiger charge is 2.09. The van der Waals surface area contributed by atoms with Crippen molar-refractivity contribution in [3.8, 4) is 11.3 Å². The highest BCUT2D eigenvalue weighted by molar-refractivity contribution is 7.90. The van der Waals surface area contributed by atoms with Crippen molar-refractivity contribution in [2.45, 2.75) is 32.6 Å². The van der Waals surface area contributed by atoms with Crippen LogP contribution in [0, 0.1) is 0 Å². The minimum Gasteiger partial charge on any atom is -0.456 e. The van der Waals surface area contributed by atoms with Gasteiger partial charge in [-0.1, -0.05) is 39.8 Å². The molecule has 1 heterocycles. The van der Waals surface area contributed by atoms with Crippen molar-refractivity contribution in [2.75, 3.05) is 6.26 Å². The van der Waals surface area contributed by atoms with Gasteiger partial charge in [-0.05, 0) is 36.4 Å². The summed E-state index contributed by atoms with van der Waals surface area (Å²) in [7, 11) is -3.24. The van der Waals surface area contributed by atoms with Crippen molar-refractivity contribution < 1.29 is 12.8 Å². The van der Waals surface area contributed by atoms with Crippen LogP contribution in [0.3, 0.4) is 0 Å². The van der Waals surface area contributed by atoms with Gasteiger partial charge in [0.2, 0.25) is 0 Å². The number of fused-ring (bicyclic) bond motifs is 1. The summed E-state index contributed by atoms with van der Waals surface area (Å²) in [5, 5.41) is 0.522. The zero-order chi connectivity index (χ0) is 19.0. The Kier molecular flexibility index (Phi) is 7.58. The van der Waals surface area contributed by atoms with Crippen molar-refractivity contribution in [3.63, 3.8) is 0 Å². The Hall–Kier alpha value is -2.40. The van der Waals surface area contributed by atoms with Crippen LogP contribution in [0.2, 0.25) is 0 Å². The van der Waals surface area contributed by atoms with E-state index in [9.17, 15) is 13.2 Å². The van der Waals surface area contributed by atoms with Crippen molar-refractivity contribution in [1.29, 1.82) is 0 Å². The molecule has 5 heteroatoms. The van der Waals surface area contributed by atoms with Crippen LogP contribution in [0.1, 0.15) is 27.7 Å². The summed E-state index contributed by atoms with van der Waals surface area (Å²) in [6, 6.07) is 14.7. The van der Waals surface area contributed by atoms with Gasteiger partial charge in [-0.15, -0.1) is 0 Å². The van der Waals surface area contributed by atoms with Crippen LogP contribution in [0.4, 0.5) is 0 Å². The zero-order valence-electron chi connectivity index (χ0n) is 15.2. The zero-order valence-corrected chi connectivity index (χ0v) is 16.1. The molecule has 3 aromatic rings. The van der Waals surface area contributed by atoms with E-state index in [1.165, 1.54) is 18.2 Å². The maximum Gasteiger partial charge on any atom is 0.193 e. The molecule has 0 atom stereocenters. The molecule has 0 saturated carbocycles. The van der Waals surface area contributed by atoms with Gasteiger partial charge in [0.25, 0.3) is 0 Å². The summed E-state index contributed by atoms with van der Waals surface area (Å²) in [5.41, 5.74) is 1.04. The Morgan fingerprint density at radius 1 is 0.840 bits per heavy atom. The Morgan fingerprint density at radius 3 is 1.96 bits per heavy atom. The van der Waals surface area contributed by atoms with Gasteiger partial charge in [0.1, 0.15) is 11.3 Å². The Morgan fingerprint density at radius 2 is 1.40 bits per heavy atom. The fourth-order valence-corrected chi connectivity index (χ4v) is 2.74. The molecule has 134 valence electrons. The summed E-state index contributed by atoms with van der Waals surface area (Å²) in [5.74, 6) is 0.416. The summed E-state index contributed by atoms with van der Waals surface area (Å²) >= 11 is 0. The van der Waals surface area contributed by atoms with E-state index < -0.39 is 9.84 Å². The van der Waals surface area contributed by atoms with Crippen molar-refractivity contribution in [3.05, 3.63) is 64.8 Å². The van der Waals surface area contributed by atoms with Gasteiger partial charge in [0.05, 0.1) is 10.3 Å². The van der Waals surface area contributed by atoms with Crippen molar-refractivity contribution in [1.82, 2.24) is 0 Å². The largest absolute Gasteiger partial charge is 0.456 e. The molecule has 0 aliphatic carbocycles. The number of sulfone groups is 1. The first-order valence-corrected chi connectivity index (χ1v) is 10.2. The number of hydrogen-bond acceptors (Lipinski definition) is 4. The lowest BCUT2D eigenvalue weighted by Gasteiger charge is -2.04. The van der Waals surface area contributed by atoms with E-state index in [1.54, 1.807) is 36.4 Å².